The van der Waals surface area contributed by atoms with E-state index in [4.69, 9.17) is 11.5 Å². The van der Waals surface area contributed by atoms with Gasteiger partial charge < -0.3 is 11.5 Å². The summed E-state index contributed by atoms with van der Waals surface area (Å²) in [6.07, 6.45) is 0. The summed E-state index contributed by atoms with van der Waals surface area (Å²) in [7, 11) is 0. The van der Waals surface area contributed by atoms with Crippen LogP contribution in [-0.4, -0.2) is 17.3 Å². The third kappa shape index (κ3) is 1.86. The van der Waals surface area contributed by atoms with Crippen molar-refractivity contribution in [1.82, 2.24) is 0 Å². The van der Waals surface area contributed by atoms with Crippen LogP contribution in [0.15, 0.2) is 18.2 Å². The summed E-state index contributed by atoms with van der Waals surface area (Å²) in [5.41, 5.74) is 10.7. The van der Waals surface area contributed by atoms with Crippen molar-refractivity contribution in [2.75, 3.05) is 12.3 Å². The Morgan fingerprint density at radius 3 is 2.57 bits per heavy atom. The first-order valence-electron chi connectivity index (χ1n) is 3.83. The lowest BCUT2D eigenvalue weighted by atomic mass is 10.1. The van der Waals surface area contributed by atoms with Crippen LogP contribution in [-0.2, 0) is 0 Å². The Balaban J connectivity index is 3.14. The molecule has 0 saturated carbocycles. The Labute approximate surface area is 79.7 Å². The van der Waals surface area contributed by atoms with Gasteiger partial charge >= 0.3 is 0 Å². The number of hydrogen-bond donors (Lipinski definition) is 2. The van der Waals surface area contributed by atoms with Crippen LogP contribution in [0.3, 0.4) is 0 Å². The molecule has 0 saturated heterocycles. The van der Waals surface area contributed by atoms with Crippen LogP contribution in [0, 0.1) is 10.1 Å². The zero-order chi connectivity index (χ0) is 10.7. The molecule has 4 N–H and O–H groups in total. The number of hydrogen-bond acceptors (Lipinski definition) is 5. The third-order valence-corrected chi connectivity index (χ3v) is 1.73. The van der Waals surface area contributed by atoms with Crippen LogP contribution < -0.4 is 11.5 Å². The molecule has 0 aliphatic heterocycles. The minimum atomic E-state index is -0.576. The van der Waals surface area contributed by atoms with Gasteiger partial charge in [-0.2, -0.15) is 0 Å². The van der Waals surface area contributed by atoms with Gasteiger partial charge in [0, 0.05) is 23.4 Å². The van der Waals surface area contributed by atoms with E-state index in [-0.39, 0.29) is 29.3 Å². The van der Waals surface area contributed by atoms with Crippen molar-refractivity contribution in [3.05, 3.63) is 33.9 Å². The molecule has 1 aromatic rings. The lowest BCUT2D eigenvalue weighted by Gasteiger charge is -2.01. The molecule has 6 nitrogen and oxygen atoms in total. The zero-order valence-electron chi connectivity index (χ0n) is 7.27. The molecule has 0 fully saturated rings. The average molecular weight is 195 g/mol. The Morgan fingerprint density at radius 1 is 1.50 bits per heavy atom. The monoisotopic (exact) mass is 195 g/mol. The number of Topliss-reactive ketones (excluding diaryl/α,β-unsaturated/α-hetero) is 1. The van der Waals surface area contributed by atoms with Gasteiger partial charge in [0.15, 0.2) is 5.78 Å². The second-order valence-electron chi connectivity index (χ2n) is 2.66. The van der Waals surface area contributed by atoms with Crippen LogP contribution in [0.25, 0.3) is 0 Å². The maximum Gasteiger partial charge on any atom is 0.271 e. The van der Waals surface area contributed by atoms with Crippen molar-refractivity contribution in [2.24, 2.45) is 5.73 Å². The second kappa shape index (κ2) is 3.84. The molecule has 0 aromatic heterocycles. The molecule has 0 unspecified atom stereocenters. The lowest BCUT2D eigenvalue weighted by Crippen LogP contribution is -2.15. The fourth-order valence-corrected chi connectivity index (χ4v) is 1.03. The number of carbonyl (C=O) groups excluding carboxylic acids is 1. The number of non-ortho nitro benzene ring substituents is 1. The van der Waals surface area contributed by atoms with E-state index in [9.17, 15) is 14.9 Å². The minimum absolute atomic E-state index is 0.0784. The normalized spacial score (nSPS) is 9.79. The Morgan fingerprint density at radius 2 is 2.14 bits per heavy atom. The van der Waals surface area contributed by atoms with Crippen molar-refractivity contribution in [1.29, 1.82) is 0 Å². The molecule has 0 bridgehead atoms. The summed E-state index contributed by atoms with van der Waals surface area (Å²) in [6, 6.07) is 3.67. The summed E-state index contributed by atoms with van der Waals surface area (Å²) < 4.78 is 0. The summed E-state index contributed by atoms with van der Waals surface area (Å²) >= 11 is 0. The standard InChI is InChI=1S/C8H9N3O3/c9-4-8(12)6-2-1-5(11(13)14)3-7(6)10/h1-3H,4,9-10H2. The van der Waals surface area contributed by atoms with Gasteiger partial charge in [0.05, 0.1) is 11.5 Å². The van der Waals surface area contributed by atoms with Gasteiger partial charge in [0.25, 0.3) is 5.69 Å². The molecule has 0 radical (unpaired) electrons. The van der Waals surface area contributed by atoms with Gasteiger partial charge in [-0.25, -0.2) is 0 Å². The fraction of sp³-hybridized carbons (Fsp3) is 0.125. The molecule has 0 aliphatic rings. The highest BCUT2D eigenvalue weighted by Crippen LogP contribution is 2.19. The summed E-state index contributed by atoms with van der Waals surface area (Å²) in [5.74, 6) is -0.336. The van der Waals surface area contributed by atoms with E-state index in [1.807, 2.05) is 0 Å². The summed E-state index contributed by atoms with van der Waals surface area (Å²) in [6.45, 7) is -0.165. The number of rotatable bonds is 3. The molecule has 0 atom stereocenters. The number of anilines is 1. The SMILES string of the molecule is NCC(=O)c1ccc([N+](=O)[O-])cc1N. The second-order valence-corrected chi connectivity index (χ2v) is 2.66. The van der Waals surface area contributed by atoms with Gasteiger partial charge in [0.2, 0.25) is 0 Å². The number of nitro benzene ring substituents is 1. The lowest BCUT2D eigenvalue weighted by molar-refractivity contribution is -0.384. The molecule has 0 amide bonds. The van der Waals surface area contributed by atoms with E-state index in [1.165, 1.54) is 12.1 Å². The van der Waals surface area contributed by atoms with Crippen LogP contribution in [0.2, 0.25) is 0 Å². The molecule has 1 rings (SSSR count). The predicted octanol–water partition coefficient (Wildman–Crippen LogP) is 0.318. The van der Waals surface area contributed by atoms with E-state index in [1.54, 1.807) is 0 Å². The number of carbonyl (C=O) groups is 1. The zero-order valence-corrected chi connectivity index (χ0v) is 7.27. The highest BCUT2D eigenvalue weighted by molar-refractivity contribution is 6.02. The number of nitro groups is 1. The van der Waals surface area contributed by atoms with Crippen LogP contribution in [0.1, 0.15) is 10.4 Å². The number of nitrogen functional groups attached to an aromatic ring is 1. The van der Waals surface area contributed by atoms with Gasteiger partial charge in [0.1, 0.15) is 0 Å². The number of nitrogens with zero attached hydrogens (tertiary/aromatic N) is 1. The van der Waals surface area contributed by atoms with Gasteiger partial charge in [-0.05, 0) is 6.07 Å². The molecule has 0 aliphatic carbocycles. The molecule has 0 heterocycles. The molecule has 74 valence electrons. The molecular weight excluding hydrogens is 186 g/mol. The minimum Gasteiger partial charge on any atom is -0.398 e. The Bertz CT molecular complexity index is 389. The predicted molar refractivity (Wildman–Crippen MR) is 50.9 cm³/mol. The molecule has 6 heteroatoms. The van der Waals surface area contributed by atoms with Crippen molar-refractivity contribution in [2.45, 2.75) is 0 Å². The Kier molecular flexibility index (Phi) is 2.78. The van der Waals surface area contributed by atoms with Crippen molar-refractivity contribution in [3.8, 4) is 0 Å². The van der Waals surface area contributed by atoms with E-state index < -0.39 is 4.92 Å². The van der Waals surface area contributed by atoms with Gasteiger partial charge in [-0.3, -0.25) is 14.9 Å². The number of benzene rings is 1. The molecule has 1 aromatic carbocycles. The van der Waals surface area contributed by atoms with Gasteiger partial charge in [-0.15, -0.1) is 0 Å². The first-order valence-corrected chi connectivity index (χ1v) is 3.83. The van der Waals surface area contributed by atoms with Crippen LogP contribution in [0.5, 0.6) is 0 Å². The highest BCUT2D eigenvalue weighted by Gasteiger charge is 2.12. The first kappa shape index (κ1) is 10.1. The van der Waals surface area contributed by atoms with E-state index >= 15 is 0 Å². The highest BCUT2D eigenvalue weighted by atomic mass is 16.6. The average Bonchev–Trinajstić information content (AvgIpc) is 2.16. The molecule has 0 spiro atoms. The van der Waals surface area contributed by atoms with E-state index in [0.717, 1.165) is 6.07 Å². The quantitative estimate of drug-likeness (QED) is 0.312. The van der Waals surface area contributed by atoms with Crippen molar-refractivity contribution in [3.63, 3.8) is 0 Å². The Hall–Kier alpha value is -1.95. The molecular formula is C8H9N3O3. The summed E-state index contributed by atoms with van der Waals surface area (Å²) in [4.78, 5) is 20.9. The van der Waals surface area contributed by atoms with E-state index in [2.05, 4.69) is 0 Å². The summed E-state index contributed by atoms with van der Waals surface area (Å²) in [5, 5.41) is 10.3. The van der Waals surface area contributed by atoms with Gasteiger partial charge in [-0.1, -0.05) is 0 Å². The maximum absolute atomic E-state index is 11.1. The smallest absolute Gasteiger partial charge is 0.271 e. The maximum atomic E-state index is 11.1. The topological polar surface area (TPSA) is 112 Å². The number of ketones is 1. The number of nitrogens with two attached hydrogens (primary N) is 2. The van der Waals surface area contributed by atoms with E-state index in [0.29, 0.717) is 0 Å². The largest absolute Gasteiger partial charge is 0.398 e. The van der Waals surface area contributed by atoms with Crippen LogP contribution >= 0.6 is 0 Å². The molecule has 14 heavy (non-hydrogen) atoms. The van der Waals surface area contributed by atoms with Crippen molar-refractivity contribution >= 4 is 17.2 Å². The fourth-order valence-electron chi connectivity index (χ4n) is 1.03. The first-order chi connectivity index (χ1) is 6.56. The van der Waals surface area contributed by atoms with Crippen LogP contribution in [0.4, 0.5) is 11.4 Å². The van der Waals surface area contributed by atoms with Crippen molar-refractivity contribution < 1.29 is 9.72 Å². The third-order valence-electron chi connectivity index (χ3n) is 1.73.